The molecule has 0 bridgehead atoms. The molecule has 2 aromatic heterocycles. The largest absolute Gasteiger partial charge is 0.494 e. The number of nitrogens with one attached hydrogen (secondary N) is 1. The Kier molecular flexibility index (Phi) is 7.01. The molecule has 38 heavy (non-hydrogen) atoms. The highest BCUT2D eigenvalue weighted by atomic mass is 32.1. The fourth-order valence-corrected chi connectivity index (χ4v) is 5.70. The Morgan fingerprint density at radius 2 is 1.71 bits per heavy atom. The Hall–Kier alpha value is -3.84. The van der Waals surface area contributed by atoms with Gasteiger partial charge in [0, 0.05) is 17.4 Å². The SMILES string of the molecule is CCOc1ccc(-c2ccc([C@H]3[C@@H](c4ccccn4)NC(=S)N3c3ccc(OC4CCCC4)cc3)o2)cc1. The van der Waals surface area contributed by atoms with Crippen molar-refractivity contribution in [2.75, 3.05) is 11.5 Å². The lowest BCUT2D eigenvalue weighted by Gasteiger charge is -2.26. The highest BCUT2D eigenvalue weighted by Crippen LogP contribution is 2.43. The molecular formula is C31H31N3O3S. The number of aromatic nitrogens is 1. The lowest BCUT2D eigenvalue weighted by atomic mass is 10.0. The van der Waals surface area contributed by atoms with E-state index in [1.165, 1.54) is 12.8 Å². The van der Waals surface area contributed by atoms with Crippen molar-refractivity contribution >= 4 is 23.0 Å². The number of benzene rings is 2. The second-order valence-corrected chi connectivity index (χ2v) is 10.1. The maximum absolute atomic E-state index is 6.48. The van der Waals surface area contributed by atoms with Crippen LogP contribution in [0.25, 0.3) is 11.3 Å². The number of hydrogen-bond acceptors (Lipinski definition) is 5. The third kappa shape index (κ3) is 4.98. The molecule has 6 rings (SSSR count). The maximum atomic E-state index is 6.48. The molecule has 0 radical (unpaired) electrons. The summed E-state index contributed by atoms with van der Waals surface area (Å²) in [6, 6.07) is 25.8. The van der Waals surface area contributed by atoms with Gasteiger partial charge in [-0.2, -0.15) is 0 Å². The number of anilines is 1. The number of rotatable bonds is 8. The minimum Gasteiger partial charge on any atom is -0.494 e. The average molecular weight is 526 g/mol. The normalized spacial score (nSPS) is 19.5. The summed E-state index contributed by atoms with van der Waals surface area (Å²) in [5, 5.41) is 4.13. The third-order valence-electron chi connectivity index (χ3n) is 7.19. The summed E-state index contributed by atoms with van der Waals surface area (Å²) < 4.78 is 18.3. The van der Waals surface area contributed by atoms with Gasteiger partial charge in [-0.25, -0.2) is 0 Å². The van der Waals surface area contributed by atoms with E-state index >= 15 is 0 Å². The first kappa shape index (κ1) is 24.5. The van der Waals surface area contributed by atoms with Crippen molar-refractivity contribution in [1.82, 2.24) is 10.3 Å². The predicted octanol–water partition coefficient (Wildman–Crippen LogP) is 7.24. The van der Waals surface area contributed by atoms with Gasteiger partial charge in [-0.05, 0) is 118 Å². The molecule has 1 saturated carbocycles. The average Bonchev–Trinajstić information content (AvgIpc) is 3.71. The molecule has 2 fully saturated rings. The van der Waals surface area contributed by atoms with E-state index in [2.05, 4.69) is 27.3 Å². The number of thiocarbonyl (C=S) groups is 1. The molecule has 2 atom stereocenters. The Morgan fingerprint density at radius 3 is 2.42 bits per heavy atom. The first-order chi connectivity index (χ1) is 18.7. The molecule has 0 spiro atoms. The molecule has 4 aromatic rings. The molecule has 1 aliphatic heterocycles. The van der Waals surface area contributed by atoms with Gasteiger partial charge in [0.25, 0.3) is 0 Å². The van der Waals surface area contributed by atoms with Crippen LogP contribution in [0.15, 0.2) is 89.5 Å². The molecule has 3 heterocycles. The van der Waals surface area contributed by atoms with Gasteiger partial charge in [0.15, 0.2) is 5.11 Å². The summed E-state index contributed by atoms with van der Waals surface area (Å²) in [6.45, 7) is 2.62. The minimum atomic E-state index is -0.213. The Morgan fingerprint density at radius 1 is 0.947 bits per heavy atom. The van der Waals surface area contributed by atoms with E-state index in [1.54, 1.807) is 0 Å². The van der Waals surface area contributed by atoms with Gasteiger partial charge >= 0.3 is 0 Å². The van der Waals surface area contributed by atoms with Crippen LogP contribution in [-0.4, -0.2) is 22.8 Å². The molecule has 6 nitrogen and oxygen atoms in total. The Bertz CT molecular complexity index is 1370. The van der Waals surface area contributed by atoms with Crippen LogP contribution in [0.4, 0.5) is 5.69 Å². The third-order valence-corrected chi connectivity index (χ3v) is 7.50. The van der Waals surface area contributed by atoms with E-state index in [1.807, 2.05) is 79.9 Å². The molecular weight excluding hydrogens is 494 g/mol. The van der Waals surface area contributed by atoms with Gasteiger partial charge in [-0.15, -0.1) is 0 Å². The molecule has 1 aliphatic carbocycles. The number of furan rings is 1. The summed E-state index contributed by atoms with van der Waals surface area (Å²) in [5.41, 5.74) is 2.87. The second-order valence-electron chi connectivity index (χ2n) is 9.67. The van der Waals surface area contributed by atoms with Gasteiger partial charge in [0.1, 0.15) is 29.1 Å². The minimum absolute atomic E-state index is 0.169. The van der Waals surface area contributed by atoms with E-state index in [0.717, 1.165) is 52.8 Å². The Labute approximate surface area is 228 Å². The van der Waals surface area contributed by atoms with Gasteiger partial charge in [-0.1, -0.05) is 6.07 Å². The number of hydrogen-bond donors (Lipinski definition) is 1. The fraction of sp³-hybridized carbons (Fsp3) is 0.290. The van der Waals surface area contributed by atoms with Crippen molar-refractivity contribution in [2.45, 2.75) is 50.8 Å². The number of pyridine rings is 1. The zero-order valence-corrected chi connectivity index (χ0v) is 22.2. The van der Waals surface area contributed by atoms with Crippen molar-refractivity contribution in [3.8, 4) is 22.8 Å². The molecule has 0 amide bonds. The summed E-state index contributed by atoms with van der Waals surface area (Å²) in [7, 11) is 0. The molecule has 2 aliphatic rings. The lowest BCUT2D eigenvalue weighted by Crippen LogP contribution is -2.29. The van der Waals surface area contributed by atoms with Crippen LogP contribution in [0.1, 0.15) is 56.1 Å². The molecule has 1 N–H and O–H groups in total. The van der Waals surface area contributed by atoms with Gasteiger partial charge in [0.2, 0.25) is 0 Å². The zero-order valence-electron chi connectivity index (χ0n) is 21.4. The van der Waals surface area contributed by atoms with Crippen molar-refractivity contribution in [3.05, 3.63) is 96.5 Å². The zero-order chi connectivity index (χ0) is 25.9. The first-order valence-corrected chi connectivity index (χ1v) is 13.7. The molecule has 1 saturated heterocycles. The van der Waals surface area contributed by atoms with E-state index in [-0.39, 0.29) is 12.1 Å². The van der Waals surface area contributed by atoms with Crippen LogP contribution in [0.2, 0.25) is 0 Å². The quantitative estimate of drug-likeness (QED) is 0.243. The van der Waals surface area contributed by atoms with Crippen LogP contribution < -0.4 is 19.7 Å². The lowest BCUT2D eigenvalue weighted by molar-refractivity contribution is 0.210. The summed E-state index contributed by atoms with van der Waals surface area (Å²) in [5.74, 6) is 3.34. The van der Waals surface area contributed by atoms with E-state index < -0.39 is 0 Å². The van der Waals surface area contributed by atoms with Gasteiger partial charge in [-0.3, -0.25) is 4.98 Å². The number of ether oxygens (including phenoxy) is 2. The van der Waals surface area contributed by atoms with E-state index in [4.69, 9.17) is 26.1 Å². The standard InChI is InChI=1S/C31H31N3O3S/c1-2-35-23-14-10-21(11-15-23)27-18-19-28(37-27)30-29(26-9-5-6-20-32-26)33-31(38)34(30)22-12-16-25(17-13-22)36-24-7-3-4-8-24/h5-6,9-20,24,29-30H,2-4,7-8H2,1H3,(H,33,38)/t29-,30+/m1/s1. The van der Waals surface area contributed by atoms with E-state index in [9.17, 15) is 0 Å². The van der Waals surface area contributed by atoms with Gasteiger partial charge < -0.3 is 24.1 Å². The van der Waals surface area contributed by atoms with E-state index in [0.29, 0.717) is 17.8 Å². The van der Waals surface area contributed by atoms with Crippen molar-refractivity contribution in [1.29, 1.82) is 0 Å². The molecule has 2 aromatic carbocycles. The molecule has 194 valence electrons. The smallest absolute Gasteiger partial charge is 0.174 e. The highest BCUT2D eigenvalue weighted by molar-refractivity contribution is 7.80. The predicted molar refractivity (Wildman–Crippen MR) is 153 cm³/mol. The monoisotopic (exact) mass is 525 g/mol. The Balaban J connectivity index is 1.32. The number of nitrogens with zero attached hydrogens (tertiary/aromatic N) is 2. The van der Waals surface area contributed by atoms with Crippen LogP contribution in [0, 0.1) is 0 Å². The first-order valence-electron chi connectivity index (χ1n) is 13.3. The summed E-state index contributed by atoms with van der Waals surface area (Å²) in [6.07, 6.45) is 6.88. The van der Waals surface area contributed by atoms with Crippen molar-refractivity contribution in [3.63, 3.8) is 0 Å². The van der Waals surface area contributed by atoms with Crippen LogP contribution >= 0.6 is 12.2 Å². The maximum Gasteiger partial charge on any atom is 0.174 e. The van der Waals surface area contributed by atoms with Crippen LogP contribution in [0.3, 0.4) is 0 Å². The second kappa shape index (κ2) is 10.9. The van der Waals surface area contributed by atoms with Crippen molar-refractivity contribution in [2.24, 2.45) is 0 Å². The molecule has 0 unspecified atom stereocenters. The fourth-order valence-electron chi connectivity index (χ4n) is 5.35. The van der Waals surface area contributed by atoms with Crippen LogP contribution in [-0.2, 0) is 0 Å². The van der Waals surface area contributed by atoms with Gasteiger partial charge in [0.05, 0.1) is 24.4 Å². The topological polar surface area (TPSA) is 59.8 Å². The summed E-state index contributed by atoms with van der Waals surface area (Å²) >= 11 is 5.86. The highest BCUT2D eigenvalue weighted by Gasteiger charge is 2.42. The van der Waals surface area contributed by atoms with Crippen molar-refractivity contribution < 1.29 is 13.9 Å². The summed E-state index contributed by atoms with van der Waals surface area (Å²) in [4.78, 5) is 6.76. The van der Waals surface area contributed by atoms with Crippen LogP contribution in [0.5, 0.6) is 11.5 Å². The molecule has 7 heteroatoms.